The molecule has 4 bridgehead atoms. The van der Waals surface area contributed by atoms with E-state index in [4.69, 9.17) is 0 Å². The minimum atomic E-state index is 0.204. The van der Waals surface area contributed by atoms with Crippen LogP contribution in [0.1, 0.15) is 58.8 Å². The van der Waals surface area contributed by atoms with Crippen molar-refractivity contribution in [2.24, 2.45) is 23.2 Å². The van der Waals surface area contributed by atoms with Crippen LogP contribution in [0.15, 0.2) is 0 Å². The lowest BCUT2D eigenvalue weighted by Crippen LogP contribution is -2.46. The third kappa shape index (κ3) is 3.35. The molecule has 4 saturated carbocycles. The van der Waals surface area contributed by atoms with E-state index in [0.29, 0.717) is 11.2 Å². The van der Waals surface area contributed by atoms with Gasteiger partial charge in [-0.2, -0.15) is 11.8 Å². The number of carbonyl (C=O) groups is 1. The highest BCUT2D eigenvalue weighted by atomic mass is 32.2. The van der Waals surface area contributed by atoms with E-state index in [2.05, 4.69) is 5.32 Å². The summed E-state index contributed by atoms with van der Waals surface area (Å²) in [6.07, 6.45) is 10.4. The predicted octanol–water partition coefficient (Wildman–Crippen LogP) is 3.85. The Hall–Kier alpha value is -0.180. The summed E-state index contributed by atoms with van der Waals surface area (Å²) in [5, 5.41) is 2.98. The average molecular weight is 295 g/mol. The fraction of sp³-hybridized carbons (Fsp3) is 0.941. The lowest BCUT2D eigenvalue weighted by molar-refractivity contribution is -0.119. The summed E-state index contributed by atoms with van der Waals surface area (Å²) >= 11 is 1.84. The summed E-state index contributed by atoms with van der Waals surface area (Å²) < 4.78 is 0. The van der Waals surface area contributed by atoms with Crippen molar-refractivity contribution < 1.29 is 4.79 Å². The van der Waals surface area contributed by atoms with E-state index in [-0.39, 0.29) is 11.9 Å². The van der Waals surface area contributed by atoms with Crippen LogP contribution in [0.4, 0.5) is 0 Å². The highest BCUT2D eigenvalue weighted by Gasteiger charge is 2.50. The maximum atomic E-state index is 11.6. The first-order valence-corrected chi connectivity index (χ1v) is 9.57. The number of thioether (sulfide) groups is 1. The lowest BCUT2D eigenvalue weighted by atomic mass is 9.49. The molecular formula is C17H29NOS. The van der Waals surface area contributed by atoms with Crippen molar-refractivity contribution in [2.75, 3.05) is 11.5 Å². The van der Waals surface area contributed by atoms with Gasteiger partial charge in [-0.1, -0.05) is 0 Å². The van der Waals surface area contributed by atoms with Gasteiger partial charge >= 0.3 is 0 Å². The number of hydrogen-bond acceptors (Lipinski definition) is 2. The molecule has 1 amide bonds. The van der Waals surface area contributed by atoms with Crippen LogP contribution >= 0.6 is 11.8 Å². The molecule has 0 unspecified atom stereocenters. The van der Waals surface area contributed by atoms with Crippen LogP contribution in [0, 0.1) is 23.2 Å². The average Bonchev–Trinajstić information content (AvgIpc) is 2.32. The van der Waals surface area contributed by atoms with Crippen LogP contribution in [-0.4, -0.2) is 23.5 Å². The maximum absolute atomic E-state index is 11.6. The van der Waals surface area contributed by atoms with E-state index in [1.54, 1.807) is 0 Å². The van der Waals surface area contributed by atoms with Gasteiger partial charge in [0, 0.05) is 6.04 Å². The number of hydrogen-bond donors (Lipinski definition) is 1. The minimum Gasteiger partial charge on any atom is -0.353 e. The maximum Gasteiger partial charge on any atom is 0.230 e. The van der Waals surface area contributed by atoms with Crippen molar-refractivity contribution in [3.63, 3.8) is 0 Å². The van der Waals surface area contributed by atoms with E-state index in [0.717, 1.165) is 17.8 Å². The Kier molecular flexibility index (Phi) is 4.35. The Balaban J connectivity index is 1.41. The van der Waals surface area contributed by atoms with E-state index < -0.39 is 0 Å². The second-order valence-corrected chi connectivity index (χ2v) is 9.05. The van der Waals surface area contributed by atoms with Crippen LogP contribution in [0.5, 0.6) is 0 Å². The molecule has 0 atom stereocenters. The molecule has 0 saturated heterocycles. The van der Waals surface area contributed by atoms with Crippen LogP contribution < -0.4 is 5.32 Å². The Morgan fingerprint density at radius 1 is 1.15 bits per heavy atom. The molecule has 4 aliphatic rings. The molecule has 0 spiro atoms. The molecule has 0 aromatic rings. The van der Waals surface area contributed by atoms with Crippen molar-refractivity contribution in [3.8, 4) is 0 Å². The molecule has 0 radical (unpaired) electrons. The molecule has 3 heteroatoms. The second kappa shape index (κ2) is 5.90. The zero-order valence-electron chi connectivity index (χ0n) is 13.0. The van der Waals surface area contributed by atoms with E-state index >= 15 is 0 Å². The topological polar surface area (TPSA) is 29.1 Å². The van der Waals surface area contributed by atoms with Gasteiger partial charge in [0.25, 0.3) is 0 Å². The molecule has 20 heavy (non-hydrogen) atoms. The number of rotatable bonds is 6. The van der Waals surface area contributed by atoms with Crippen molar-refractivity contribution >= 4 is 17.7 Å². The Labute approximate surface area is 127 Å². The molecule has 4 fully saturated rings. The molecule has 0 heterocycles. The standard InChI is InChI=1S/C17H29NOS/c1-12(2)18-16(19)11-20-4-3-17-8-13-5-14(9-17)7-15(6-13)10-17/h12-15H,3-11H2,1-2H3,(H,18,19). The third-order valence-electron chi connectivity index (χ3n) is 5.62. The second-order valence-electron chi connectivity index (χ2n) is 7.94. The van der Waals surface area contributed by atoms with Gasteiger partial charge in [0.15, 0.2) is 0 Å². The molecular weight excluding hydrogens is 266 g/mol. The summed E-state index contributed by atoms with van der Waals surface area (Å²) in [7, 11) is 0. The van der Waals surface area contributed by atoms with Crippen molar-refractivity contribution in [1.29, 1.82) is 0 Å². The monoisotopic (exact) mass is 295 g/mol. The van der Waals surface area contributed by atoms with Crippen LogP contribution in [0.2, 0.25) is 0 Å². The fourth-order valence-electron chi connectivity index (χ4n) is 5.41. The van der Waals surface area contributed by atoms with Gasteiger partial charge in [-0.05, 0) is 87.7 Å². The largest absolute Gasteiger partial charge is 0.353 e. The molecule has 114 valence electrons. The first-order valence-electron chi connectivity index (χ1n) is 8.42. The zero-order valence-corrected chi connectivity index (χ0v) is 13.8. The van der Waals surface area contributed by atoms with Crippen LogP contribution in [0.25, 0.3) is 0 Å². The third-order valence-corrected chi connectivity index (χ3v) is 6.58. The first-order chi connectivity index (χ1) is 9.55. The smallest absolute Gasteiger partial charge is 0.230 e. The lowest BCUT2D eigenvalue weighted by Gasteiger charge is -2.57. The minimum absolute atomic E-state index is 0.204. The van der Waals surface area contributed by atoms with Crippen molar-refractivity contribution in [1.82, 2.24) is 5.32 Å². The summed E-state index contributed by atoms with van der Waals surface area (Å²) in [4.78, 5) is 11.6. The Bertz CT molecular complexity index is 331. The Morgan fingerprint density at radius 2 is 1.70 bits per heavy atom. The van der Waals surface area contributed by atoms with Gasteiger partial charge < -0.3 is 5.32 Å². The van der Waals surface area contributed by atoms with Crippen molar-refractivity contribution in [2.45, 2.75) is 64.8 Å². The number of carbonyl (C=O) groups excluding carboxylic acids is 1. The number of amides is 1. The molecule has 1 N–H and O–H groups in total. The molecule has 2 nitrogen and oxygen atoms in total. The molecule has 4 aliphatic carbocycles. The zero-order chi connectivity index (χ0) is 14.2. The van der Waals surface area contributed by atoms with Gasteiger partial charge in [0.1, 0.15) is 0 Å². The SMILES string of the molecule is CC(C)NC(=O)CSCCC12CC3CC(CC(C3)C1)C2. The Morgan fingerprint density at radius 3 is 2.20 bits per heavy atom. The molecule has 0 aromatic carbocycles. The van der Waals surface area contributed by atoms with E-state index in [1.807, 2.05) is 25.6 Å². The number of nitrogens with one attached hydrogen (secondary N) is 1. The van der Waals surface area contributed by atoms with Gasteiger partial charge in [-0.15, -0.1) is 0 Å². The summed E-state index contributed by atoms with van der Waals surface area (Å²) in [5.74, 6) is 5.18. The normalized spacial score (nSPS) is 38.5. The fourth-order valence-corrected chi connectivity index (χ4v) is 6.40. The summed E-state index contributed by atoms with van der Waals surface area (Å²) in [5.41, 5.74) is 0.677. The highest BCUT2D eigenvalue weighted by Crippen LogP contribution is 2.61. The van der Waals surface area contributed by atoms with E-state index in [1.165, 1.54) is 50.7 Å². The van der Waals surface area contributed by atoms with Gasteiger partial charge in [0.05, 0.1) is 5.75 Å². The van der Waals surface area contributed by atoms with Gasteiger partial charge in [0.2, 0.25) is 5.91 Å². The first kappa shape index (κ1) is 14.7. The molecule has 0 aliphatic heterocycles. The molecule has 0 aromatic heterocycles. The van der Waals surface area contributed by atoms with E-state index in [9.17, 15) is 4.79 Å². The summed E-state index contributed by atoms with van der Waals surface area (Å²) in [6.45, 7) is 4.05. The van der Waals surface area contributed by atoms with Crippen LogP contribution in [0.3, 0.4) is 0 Å². The predicted molar refractivity (Wildman–Crippen MR) is 85.8 cm³/mol. The van der Waals surface area contributed by atoms with Crippen molar-refractivity contribution in [3.05, 3.63) is 0 Å². The van der Waals surface area contributed by atoms with Gasteiger partial charge in [-0.3, -0.25) is 4.79 Å². The quantitative estimate of drug-likeness (QED) is 0.754. The summed E-state index contributed by atoms with van der Waals surface area (Å²) in [6, 6.07) is 0.270. The molecule has 4 rings (SSSR count). The van der Waals surface area contributed by atoms with Crippen LogP contribution in [-0.2, 0) is 4.79 Å². The van der Waals surface area contributed by atoms with Gasteiger partial charge in [-0.25, -0.2) is 0 Å². The highest BCUT2D eigenvalue weighted by molar-refractivity contribution is 7.99.